The molecule has 2 aromatic rings. The van der Waals surface area contributed by atoms with Crippen LogP contribution in [-0.4, -0.2) is 20.1 Å². The monoisotopic (exact) mass is 311 g/mol. The van der Waals surface area contributed by atoms with Gasteiger partial charge in [-0.1, -0.05) is 16.1 Å². The van der Waals surface area contributed by atoms with E-state index in [-0.39, 0.29) is 12.6 Å². The van der Waals surface area contributed by atoms with Gasteiger partial charge in [0.2, 0.25) is 0 Å². The average Bonchev–Trinajstić information content (AvgIpc) is 3.08. The van der Waals surface area contributed by atoms with Crippen LogP contribution in [0.1, 0.15) is 46.3 Å². The van der Waals surface area contributed by atoms with E-state index in [9.17, 15) is 4.79 Å². The highest BCUT2D eigenvalue weighted by atomic mass is 35.5. The minimum absolute atomic E-state index is 0.0568. The van der Waals surface area contributed by atoms with Crippen molar-refractivity contribution in [3.63, 3.8) is 0 Å². The van der Waals surface area contributed by atoms with Crippen LogP contribution in [0.25, 0.3) is 0 Å². The van der Waals surface area contributed by atoms with Gasteiger partial charge in [-0.15, -0.1) is 5.10 Å². The summed E-state index contributed by atoms with van der Waals surface area (Å²) < 4.78 is 11.6. The lowest BCUT2D eigenvalue weighted by molar-refractivity contribution is 0.0467. The maximum absolute atomic E-state index is 12.2. The van der Waals surface area contributed by atoms with E-state index in [1.165, 1.54) is 12.8 Å². The van der Waals surface area contributed by atoms with Crippen LogP contribution in [0.4, 0.5) is 0 Å². The predicted molar refractivity (Wildman–Crippen MR) is 76.2 cm³/mol. The molecule has 0 aliphatic heterocycles. The topological polar surface area (TPSA) is 57.0 Å². The summed E-state index contributed by atoms with van der Waals surface area (Å²) in [7, 11) is 0. The molecule has 20 heavy (non-hydrogen) atoms. The number of aryl methyl sites for hydroxylation is 1. The summed E-state index contributed by atoms with van der Waals surface area (Å²) in [6, 6.07) is 2.44. The van der Waals surface area contributed by atoms with Gasteiger partial charge in [0, 0.05) is 29.0 Å². The van der Waals surface area contributed by atoms with Crippen molar-refractivity contribution in [2.45, 2.75) is 39.3 Å². The molecule has 0 radical (unpaired) electrons. The van der Waals surface area contributed by atoms with E-state index in [2.05, 4.69) is 14.2 Å². The molecular weight excluding hydrogens is 298 g/mol. The number of halogens is 1. The molecule has 0 saturated heterocycles. The van der Waals surface area contributed by atoms with Crippen molar-refractivity contribution < 1.29 is 9.53 Å². The lowest BCUT2D eigenvalue weighted by atomic mass is 10.2. The van der Waals surface area contributed by atoms with Crippen LogP contribution in [0, 0.1) is 13.8 Å². The number of rotatable bonds is 4. The van der Waals surface area contributed by atoms with Gasteiger partial charge >= 0.3 is 5.97 Å². The third-order valence-corrected chi connectivity index (χ3v) is 4.45. The van der Waals surface area contributed by atoms with Crippen molar-refractivity contribution in [1.82, 2.24) is 14.2 Å². The summed E-state index contributed by atoms with van der Waals surface area (Å²) in [5.41, 5.74) is 3.19. The Morgan fingerprint density at radius 2 is 2.30 bits per heavy atom. The fourth-order valence-corrected chi connectivity index (χ4v) is 2.97. The first-order valence-electron chi connectivity index (χ1n) is 6.40. The van der Waals surface area contributed by atoms with E-state index in [0.717, 1.165) is 22.9 Å². The summed E-state index contributed by atoms with van der Waals surface area (Å²) >= 11 is 6.96. The molecule has 0 N–H and O–H groups in total. The third kappa shape index (κ3) is 2.45. The minimum Gasteiger partial charge on any atom is -0.455 e. The zero-order valence-electron chi connectivity index (χ0n) is 11.2. The number of hydrogen-bond donors (Lipinski definition) is 0. The lowest BCUT2D eigenvalue weighted by Crippen LogP contribution is -2.08. The lowest BCUT2D eigenvalue weighted by Gasteiger charge is -2.07. The van der Waals surface area contributed by atoms with E-state index < -0.39 is 0 Å². The molecule has 2 heterocycles. The molecule has 0 aromatic carbocycles. The highest BCUT2D eigenvalue weighted by molar-refractivity contribution is 7.10. The van der Waals surface area contributed by atoms with Crippen molar-refractivity contribution in [1.29, 1.82) is 0 Å². The van der Waals surface area contributed by atoms with Crippen molar-refractivity contribution in [2.75, 3.05) is 0 Å². The quantitative estimate of drug-likeness (QED) is 0.813. The summed E-state index contributed by atoms with van der Waals surface area (Å²) in [5.74, 6) is -0.339. The van der Waals surface area contributed by atoms with E-state index in [1.54, 1.807) is 0 Å². The number of nitrogens with zero attached hydrogens (tertiary/aromatic N) is 3. The zero-order valence-corrected chi connectivity index (χ0v) is 12.8. The molecule has 1 fully saturated rings. The number of ether oxygens (including phenoxy) is 1. The molecule has 0 unspecified atom stereocenters. The van der Waals surface area contributed by atoms with Gasteiger partial charge in [0.1, 0.15) is 16.6 Å². The normalized spacial score (nSPS) is 14.6. The molecule has 1 aliphatic carbocycles. The van der Waals surface area contributed by atoms with Gasteiger partial charge in [0.05, 0.1) is 5.56 Å². The second-order valence-electron chi connectivity index (χ2n) is 4.96. The fourth-order valence-electron chi connectivity index (χ4n) is 2.37. The van der Waals surface area contributed by atoms with Crippen molar-refractivity contribution in [3.05, 3.63) is 33.0 Å². The van der Waals surface area contributed by atoms with Gasteiger partial charge < -0.3 is 9.30 Å². The number of carbonyl (C=O) groups excluding carboxylic acids is 1. The van der Waals surface area contributed by atoms with Crippen LogP contribution in [0.2, 0.25) is 4.34 Å². The van der Waals surface area contributed by atoms with Crippen molar-refractivity contribution in [2.24, 2.45) is 0 Å². The Balaban J connectivity index is 1.74. The number of aromatic nitrogens is 3. The maximum Gasteiger partial charge on any atom is 0.340 e. The largest absolute Gasteiger partial charge is 0.455 e. The predicted octanol–water partition coefficient (Wildman–Crippen LogP) is 3.30. The van der Waals surface area contributed by atoms with Crippen LogP contribution < -0.4 is 0 Å². The second-order valence-corrected chi connectivity index (χ2v) is 6.31. The molecule has 0 bridgehead atoms. The molecule has 0 atom stereocenters. The van der Waals surface area contributed by atoms with Gasteiger partial charge in [-0.2, -0.15) is 0 Å². The molecule has 106 valence electrons. The van der Waals surface area contributed by atoms with Gasteiger partial charge in [-0.05, 0) is 32.8 Å². The van der Waals surface area contributed by atoms with Gasteiger partial charge in [-0.25, -0.2) is 4.79 Å². The SMILES string of the molecule is Cc1cc(C(=O)OCc2nnsc2Cl)c(C)n1C1CC1. The van der Waals surface area contributed by atoms with Crippen LogP contribution in [0.5, 0.6) is 0 Å². The van der Waals surface area contributed by atoms with Gasteiger partial charge in [0.25, 0.3) is 0 Å². The third-order valence-electron chi connectivity index (χ3n) is 3.47. The molecule has 0 spiro atoms. The summed E-state index contributed by atoms with van der Waals surface area (Å²) in [6.07, 6.45) is 2.37. The zero-order chi connectivity index (χ0) is 14.3. The van der Waals surface area contributed by atoms with E-state index in [0.29, 0.717) is 21.6 Å². The molecule has 5 nitrogen and oxygen atoms in total. The number of hydrogen-bond acceptors (Lipinski definition) is 5. The van der Waals surface area contributed by atoms with E-state index in [1.807, 2.05) is 19.9 Å². The molecule has 2 aromatic heterocycles. The second kappa shape index (κ2) is 5.18. The Bertz CT molecular complexity index is 661. The Labute approximate surface area is 125 Å². The summed E-state index contributed by atoms with van der Waals surface area (Å²) in [6.45, 7) is 4.03. The fraction of sp³-hybridized carbons (Fsp3) is 0.462. The van der Waals surface area contributed by atoms with Crippen LogP contribution in [0.3, 0.4) is 0 Å². The highest BCUT2D eigenvalue weighted by Crippen LogP contribution is 2.38. The molecular formula is C13H14ClN3O2S. The molecule has 3 rings (SSSR count). The highest BCUT2D eigenvalue weighted by Gasteiger charge is 2.28. The first-order valence-corrected chi connectivity index (χ1v) is 7.55. The standard InChI is InChI=1S/C13H14ClN3O2S/c1-7-5-10(8(2)17(7)9-3-4-9)13(18)19-6-11-12(14)20-16-15-11/h5,9H,3-4,6H2,1-2H3. The number of esters is 1. The Morgan fingerprint density at radius 3 is 2.90 bits per heavy atom. The van der Waals surface area contributed by atoms with Gasteiger partial charge in [-0.3, -0.25) is 0 Å². The first kappa shape index (κ1) is 13.6. The molecule has 0 amide bonds. The van der Waals surface area contributed by atoms with Crippen molar-refractivity contribution in [3.8, 4) is 0 Å². The summed E-state index contributed by atoms with van der Waals surface area (Å²) in [4.78, 5) is 12.2. The molecule has 1 saturated carbocycles. The van der Waals surface area contributed by atoms with E-state index >= 15 is 0 Å². The first-order chi connectivity index (χ1) is 9.58. The van der Waals surface area contributed by atoms with Gasteiger partial charge in [0.15, 0.2) is 0 Å². The van der Waals surface area contributed by atoms with E-state index in [4.69, 9.17) is 16.3 Å². The van der Waals surface area contributed by atoms with Crippen LogP contribution in [0.15, 0.2) is 6.07 Å². The summed E-state index contributed by atoms with van der Waals surface area (Å²) in [5, 5.41) is 3.82. The minimum atomic E-state index is -0.339. The van der Waals surface area contributed by atoms with Crippen molar-refractivity contribution >= 4 is 29.1 Å². The number of carbonyl (C=O) groups is 1. The van der Waals surface area contributed by atoms with Crippen LogP contribution >= 0.6 is 23.1 Å². The Morgan fingerprint density at radius 1 is 1.55 bits per heavy atom. The Hall–Kier alpha value is -1.40. The smallest absolute Gasteiger partial charge is 0.340 e. The Kier molecular flexibility index (Phi) is 3.52. The maximum atomic E-state index is 12.2. The van der Waals surface area contributed by atoms with Crippen LogP contribution in [-0.2, 0) is 11.3 Å². The molecule has 1 aliphatic rings. The molecule has 7 heteroatoms. The average molecular weight is 312 g/mol.